The third-order valence-corrected chi connectivity index (χ3v) is 3.27. The van der Waals surface area contributed by atoms with Gasteiger partial charge in [-0.3, -0.25) is 0 Å². The lowest BCUT2D eigenvalue weighted by atomic mass is 9.95. The normalized spacial score (nSPS) is 20.6. The molecule has 1 aromatic heterocycles. The summed E-state index contributed by atoms with van der Waals surface area (Å²) in [6.07, 6.45) is -0.783. The Bertz CT molecular complexity index is 423. The van der Waals surface area contributed by atoms with Gasteiger partial charge in [-0.1, -0.05) is 0 Å². The highest BCUT2D eigenvalue weighted by atomic mass is 19.4. The topological polar surface area (TPSA) is 49.2 Å². The van der Waals surface area contributed by atoms with E-state index in [9.17, 15) is 13.2 Å². The molecule has 1 fully saturated rings. The van der Waals surface area contributed by atoms with Crippen LogP contribution in [0, 0.1) is 5.92 Å². The maximum absolute atomic E-state index is 12.6. The molecular formula is C12H16F3N3O. The first-order valence-electron chi connectivity index (χ1n) is 6.27. The van der Waals surface area contributed by atoms with Crippen molar-refractivity contribution in [3.05, 3.63) is 18.0 Å². The van der Waals surface area contributed by atoms with Crippen LogP contribution in [0.3, 0.4) is 0 Å². The average molecular weight is 275 g/mol. The van der Waals surface area contributed by atoms with Crippen LogP contribution in [0.1, 0.15) is 25.0 Å². The number of hydrogen-bond acceptors (Lipinski definition) is 4. The van der Waals surface area contributed by atoms with E-state index in [1.165, 1.54) is 0 Å². The average Bonchev–Trinajstić information content (AvgIpc) is 2.39. The highest BCUT2D eigenvalue weighted by Gasteiger charge is 2.33. The van der Waals surface area contributed by atoms with Crippen molar-refractivity contribution < 1.29 is 18.3 Å². The van der Waals surface area contributed by atoms with Gasteiger partial charge in [-0.15, -0.1) is 0 Å². The standard InChI is InChI=1S/C12H16F3N3O/c13-12(14,15)10-3-5-16-11(17-10)18-6-1-2-9(8-18)4-7-19/h3,5,9,19H,1-2,4,6-8H2/t9-/m0/s1. The first-order valence-corrected chi connectivity index (χ1v) is 6.27. The number of alkyl halides is 3. The minimum atomic E-state index is -4.45. The summed E-state index contributed by atoms with van der Waals surface area (Å²) in [6, 6.07) is 0.874. The Kier molecular flexibility index (Phi) is 4.24. The lowest BCUT2D eigenvalue weighted by Gasteiger charge is -2.32. The second-order valence-electron chi connectivity index (χ2n) is 4.71. The molecule has 0 amide bonds. The van der Waals surface area contributed by atoms with Crippen LogP contribution >= 0.6 is 0 Å². The number of aliphatic hydroxyl groups excluding tert-OH is 1. The van der Waals surface area contributed by atoms with Crippen LogP contribution in [0.5, 0.6) is 0 Å². The zero-order valence-corrected chi connectivity index (χ0v) is 10.4. The van der Waals surface area contributed by atoms with Crippen LogP contribution in [0.2, 0.25) is 0 Å². The van der Waals surface area contributed by atoms with Crippen molar-refractivity contribution >= 4 is 5.95 Å². The van der Waals surface area contributed by atoms with Crippen molar-refractivity contribution in [2.45, 2.75) is 25.4 Å². The molecule has 7 heteroatoms. The second-order valence-corrected chi connectivity index (χ2v) is 4.71. The Morgan fingerprint density at radius 3 is 2.89 bits per heavy atom. The largest absolute Gasteiger partial charge is 0.433 e. The number of nitrogens with zero attached hydrogens (tertiary/aromatic N) is 3. The summed E-state index contributed by atoms with van der Waals surface area (Å²) < 4.78 is 37.8. The SMILES string of the molecule is OCC[C@@H]1CCCN(c2nccc(C(F)(F)F)n2)C1. The monoisotopic (exact) mass is 275 g/mol. The molecule has 1 saturated heterocycles. The van der Waals surface area contributed by atoms with Crippen molar-refractivity contribution in [1.82, 2.24) is 9.97 Å². The number of aromatic nitrogens is 2. The molecule has 2 heterocycles. The van der Waals surface area contributed by atoms with E-state index >= 15 is 0 Å². The summed E-state index contributed by atoms with van der Waals surface area (Å²) in [7, 11) is 0. The van der Waals surface area contributed by atoms with Gasteiger partial charge in [0.1, 0.15) is 5.69 Å². The molecule has 0 spiro atoms. The van der Waals surface area contributed by atoms with E-state index in [4.69, 9.17) is 5.11 Å². The molecule has 0 radical (unpaired) electrons. The predicted molar refractivity (Wildman–Crippen MR) is 63.7 cm³/mol. The lowest BCUT2D eigenvalue weighted by Crippen LogP contribution is -2.37. The van der Waals surface area contributed by atoms with Gasteiger partial charge in [0.2, 0.25) is 5.95 Å². The first kappa shape index (κ1) is 14.0. The second kappa shape index (κ2) is 5.73. The van der Waals surface area contributed by atoms with Gasteiger partial charge in [0, 0.05) is 25.9 Å². The molecule has 19 heavy (non-hydrogen) atoms. The van der Waals surface area contributed by atoms with E-state index < -0.39 is 11.9 Å². The summed E-state index contributed by atoms with van der Waals surface area (Å²) in [6.45, 7) is 1.35. The van der Waals surface area contributed by atoms with Crippen molar-refractivity contribution in [2.75, 3.05) is 24.6 Å². The number of anilines is 1. The highest BCUT2D eigenvalue weighted by Crippen LogP contribution is 2.29. The molecule has 1 aromatic rings. The van der Waals surface area contributed by atoms with E-state index in [2.05, 4.69) is 9.97 Å². The summed E-state index contributed by atoms with van der Waals surface area (Å²) in [4.78, 5) is 9.28. The summed E-state index contributed by atoms with van der Waals surface area (Å²) in [5.41, 5.74) is -0.915. The number of halogens is 3. The number of piperidine rings is 1. The van der Waals surface area contributed by atoms with Gasteiger partial charge >= 0.3 is 6.18 Å². The van der Waals surface area contributed by atoms with Crippen LogP contribution in [-0.2, 0) is 6.18 Å². The molecule has 1 aliphatic rings. The van der Waals surface area contributed by atoms with Crippen LogP contribution in [0.25, 0.3) is 0 Å². The van der Waals surface area contributed by atoms with Gasteiger partial charge in [0.25, 0.3) is 0 Å². The van der Waals surface area contributed by atoms with E-state index in [1.807, 2.05) is 0 Å². The van der Waals surface area contributed by atoms with Crippen LogP contribution in [-0.4, -0.2) is 34.8 Å². The van der Waals surface area contributed by atoms with Crippen LogP contribution in [0.4, 0.5) is 19.1 Å². The van der Waals surface area contributed by atoms with Gasteiger partial charge in [0.05, 0.1) is 0 Å². The van der Waals surface area contributed by atoms with Crippen molar-refractivity contribution in [1.29, 1.82) is 0 Å². The molecule has 0 bridgehead atoms. The molecule has 106 valence electrons. The van der Waals surface area contributed by atoms with E-state index in [1.54, 1.807) is 4.90 Å². The number of aliphatic hydroxyl groups is 1. The van der Waals surface area contributed by atoms with Crippen LogP contribution in [0.15, 0.2) is 12.3 Å². The molecule has 0 unspecified atom stereocenters. The Balaban J connectivity index is 2.13. The van der Waals surface area contributed by atoms with Crippen molar-refractivity contribution in [3.63, 3.8) is 0 Å². The lowest BCUT2D eigenvalue weighted by molar-refractivity contribution is -0.141. The Hall–Kier alpha value is -1.37. The maximum Gasteiger partial charge on any atom is 0.433 e. The Morgan fingerprint density at radius 1 is 1.42 bits per heavy atom. The summed E-state index contributed by atoms with van der Waals surface area (Å²) in [5, 5.41) is 8.93. The molecule has 1 atom stereocenters. The fourth-order valence-corrected chi connectivity index (χ4v) is 2.32. The molecule has 0 aliphatic carbocycles. The van der Waals surface area contributed by atoms with Crippen molar-refractivity contribution in [3.8, 4) is 0 Å². The molecule has 1 N–H and O–H groups in total. The fraction of sp³-hybridized carbons (Fsp3) is 0.667. The summed E-state index contributed by atoms with van der Waals surface area (Å²) in [5.74, 6) is 0.411. The third kappa shape index (κ3) is 3.56. The van der Waals surface area contributed by atoms with Gasteiger partial charge in [0.15, 0.2) is 0 Å². The Morgan fingerprint density at radius 2 is 2.21 bits per heavy atom. The zero-order chi connectivity index (χ0) is 13.9. The van der Waals surface area contributed by atoms with Crippen LogP contribution < -0.4 is 4.90 Å². The predicted octanol–water partition coefficient (Wildman–Crippen LogP) is 2.09. The zero-order valence-electron chi connectivity index (χ0n) is 10.4. The molecule has 2 rings (SSSR count). The quantitative estimate of drug-likeness (QED) is 0.917. The van der Waals surface area contributed by atoms with Gasteiger partial charge < -0.3 is 10.0 Å². The van der Waals surface area contributed by atoms with Gasteiger partial charge in [-0.2, -0.15) is 13.2 Å². The van der Waals surface area contributed by atoms with Gasteiger partial charge in [-0.25, -0.2) is 9.97 Å². The van der Waals surface area contributed by atoms with Crippen molar-refractivity contribution in [2.24, 2.45) is 5.92 Å². The molecular weight excluding hydrogens is 259 g/mol. The Labute approximate surface area is 109 Å². The fourth-order valence-electron chi connectivity index (χ4n) is 2.32. The number of rotatable bonds is 3. The van der Waals surface area contributed by atoms with E-state index in [0.29, 0.717) is 19.5 Å². The van der Waals surface area contributed by atoms with Gasteiger partial charge in [-0.05, 0) is 31.2 Å². The summed E-state index contributed by atoms with van der Waals surface area (Å²) >= 11 is 0. The third-order valence-electron chi connectivity index (χ3n) is 3.27. The number of hydrogen-bond donors (Lipinski definition) is 1. The molecule has 1 aliphatic heterocycles. The highest BCUT2D eigenvalue weighted by molar-refractivity contribution is 5.31. The minimum Gasteiger partial charge on any atom is -0.396 e. The smallest absolute Gasteiger partial charge is 0.396 e. The first-order chi connectivity index (χ1) is 9.00. The van der Waals surface area contributed by atoms with E-state index in [0.717, 1.165) is 25.1 Å². The maximum atomic E-state index is 12.6. The molecule has 0 saturated carbocycles. The molecule has 4 nitrogen and oxygen atoms in total. The molecule has 0 aromatic carbocycles. The van der Waals surface area contributed by atoms with E-state index in [-0.39, 0.29) is 18.5 Å². The minimum absolute atomic E-state index is 0.0992.